The highest BCUT2D eigenvalue weighted by molar-refractivity contribution is 6.09. The fourth-order valence-corrected chi connectivity index (χ4v) is 0.916. The van der Waals surface area contributed by atoms with Crippen LogP contribution in [-0.4, -0.2) is 5.78 Å². The first kappa shape index (κ1) is 9.03. The maximum Gasteiger partial charge on any atom is 0.235 e. The molecule has 1 rings (SSSR count). The van der Waals surface area contributed by atoms with Gasteiger partial charge in [-0.05, 0) is 25.0 Å². The standard InChI is InChI=1S/C11H7NO/c1-2-4-11(13)10-6-3-5-9(7-10)8-12/h3,5-7H,1H3. The summed E-state index contributed by atoms with van der Waals surface area (Å²) < 4.78 is 0. The molecule has 0 aromatic heterocycles. The monoisotopic (exact) mass is 169 g/mol. The average molecular weight is 169 g/mol. The van der Waals surface area contributed by atoms with Gasteiger partial charge in [-0.15, -0.1) is 0 Å². The number of nitrogens with zero attached hydrogens (tertiary/aromatic N) is 1. The van der Waals surface area contributed by atoms with Gasteiger partial charge in [-0.1, -0.05) is 18.1 Å². The van der Waals surface area contributed by atoms with Crippen LogP contribution in [0.3, 0.4) is 0 Å². The lowest BCUT2D eigenvalue weighted by atomic mass is 10.1. The average Bonchev–Trinajstić information content (AvgIpc) is 2.18. The molecule has 0 aliphatic rings. The van der Waals surface area contributed by atoms with Gasteiger partial charge in [0.1, 0.15) is 0 Å². The summed E-state index contributed by atoms with van der Waals surface area (Å²) in [4.78, 5) is 11.2. The molecular weight excluding hydrogens is 162 g/mol. The summed E-state index contributed by atoms with van der Waals surface area (Å²) >= 11 is 0. The molecule has 0 aliphatic carbocycles. The van der Waals surface area contributed by atoms with E-state index < -0.39 is 0 Å². The summed E-state index contributed by atoms with van der Waals surface area (Å²) in [6.45, 7) is 1.60. The van der Waals surface area contributed by atoms with Crippen LogP contribution < -0.4 is 0 Å². The molecule has 0 heterocycles. The van der Waals surface area contributed by atoms with Crippen LogP contribution in [0.15, 0.2) is 24.3 Å². The van der Waals surface area contributed by atoms with Gasteiger partial charge in [0.15, 0.2) is 0 Å². The summed E-state index contributed by atoms with van der Waals surface area (Å²) in [5, 5.41) is 8.58. The third-order valence-corrected chi connectivity index (χ3v) is 1.49. The van der Waals surface area contributed by atoms with Crippen LogP contribution in [0.1, 0.15) is 22.8 Å². The molecule has 0 amide bonds. The summed E-state index contributed by atoms with van der Waals surface area (Å²) in [7, 11) is 0. The van der Waals surface area contributed by atoms with E-state index in [0.717, 1.165) is 0 Å². The van der Waals surface area contributed by atoms with Crippen molar-refractivity contribution in [3.63, 3.8) is 0 Å². The highest BCUT2D eigenvalue weighted by atomic mass is 16.1. The van der Waals surface area contributed by atoms with Gasteiger partial charge < -0.3 is 0 Å². The number of nitriles is 1. The van der Waals surface area contributed by atoms with Crippen LogP contribution in [0, 0.1) is 23.2 Å². The lowest BCUT2D eigenvalue weighted by Gasteiger charge is -1.93. The second kappa shape index (κ2) is 4.09. The van der Waals surface area contributed by atoms with Crippen LogP contribution in [0.4, 0.5) is 0 Å². The Kier molecular flexibility index (Phi) is 2.84. The molecule has 0 unspecified atom stereocenters. The highest BCUT2D eigenvalue weighted by Crippen LogP contribution is 2.04. The minimum absolute atomic E-state index is 0.250. The number of carbonyl (C=O) groups is 1. The molecule has 0 saturated heterocycles. The second-order valence-corrected chi connectivity index (χ2v) is 2.40. The molecule has 0 atom stereocenters. The van der Waals surface area contributed by atoms with Crippen molar-refractivity contribution in [2.24, 2.45) is 0 Å². The van der Waals surface area contributed by atoms with E-state index in [1.165, 1.54) is 6.07 Å². The lowest BCUT2D eigenvalue weighted by Crippen LogP contribution is -1.94. The van der Waals surface area contributed by atoms with Gasteiger partial charge in [0, 0.05) is 5.56 Å². The molecule has 0 N–H and O–H groups in total. The Balaban J connectivity index is 3.08. The number of carbonyl (C=O) groups excluding carboxylic acids is 1. The Morgan fingerprint density at radius 3 is 2.85 bits per heavy atom. The Bertz CT molecular complexity index is 429. The number of benzene rings is 1. The first-order valence-corrected chi connectivity index (χ1v) is 3.75. The van der Waals surface area contributed by atoms with Crippen LogP contribution in [-0.2, 0) is 0 Å². The van der Waals surface area contributed by atoms with Crippen molar-refractivity contribution in [1.82, 2.24) is 0 Å². The summed E-state index contributed by atoms with van der Waals surface area (Å²) in [6.07, 6.45) is 0. The normalized spacial score (nSPS) is 8.00. The molecule has 13 heavy (non-hydrogen) atoms. The van der Waals surface area contributed by atoms with Crippen molar-refractivity contribution >= 4 is 5.78 Å². The van der Waals surface area contributed by atoms with Crippen molar-refractivity contribution < 1.29 is 4.79 Å². The van der Waals surface area contributed by atoms with Crippen LogP contribution >= 0.6 is 0 Å². The van der Waals surface area contributed by atoms with Gasteiger partial charge in [-0.3, -0.25) is 4.79 Å². The molecule has 0 radical (unpaired) electrons. The van der Waals surface area contributed by atoms with Crippen molar-refractivity contribution in [3.05, 3.63) is 35.4 Å². The molecule has 0 bridgehead atoms. The number of ketones is 1. The summed E-state index contributed by atoms with van der Waals surface area (Å²) in [6, 6.07) is 8.46. The lowest BCUT2D eigenvalue weighted by molar-refractivity contribution is 0.105. The largest absolute Gasteiger partial charge is 0.279 e. The van der Waals surface area contributed by atoms with Crippen molar-refractivity contribution in [1.29, 1.82) is 5.26 Å². The zero-order chi connectivity index (χ0) is 9.68. The van der Waals surface area contributed by atoms with Gasteiger partial charge in [0.05, 0.1) is 11.6 Å². The first-order valence-electron chi connectivity index (χ1n) is 3.75. The van der Waals surface area contributed by atoms with Gasteiger partial charge in [0.25, 0.3) is 0 Å². The van der Waals surface area contributed by atoms with Crippen molar-refractivity contribution in [2.45, 2.75) is 6.92 Å². The van der Waals surface area contributed by atoms with Gasteiger partial charge in [-0.25, -0.2) is 0 Å². The predicted molar refractivity (Wildman–Crippen MR) is 48.9 cm³/mol. The van der Waals surface area contributed by atoms with Crippen LogP contribution in [0.2, 0.25) is 0 Å². The number of Topliss-reactive ketones (excluding diaryl/α,β-unsaturated/α-hetero) is 1. The Morgan fingerprint density at radius 2 is 2.23 bits per heavy atom. The smallest absolute Gasteiger partial charge is 0.235 e. The maximum atomic E-state index is 11.2. The van der Waals surface area contributed by atoms with Gasteiger partial charge in [-0.2, -0.15) is 5.26 Å². The van der Waals surface area contributed by atoms with E-state index in [4.69, 9.17) is 5.26 Å². The number of hydrogen-bond donors (Lipinski definition) is 0. The second-order valence-electron chi connectivity index (χ2n) is 2.40. The Morgan fingerprint density at radius 1 is 1.46 bits per heavy atom. The number of hydrogen-bond acceptors (Lipinski definition) is 2. The van der Waals surface area contributed by atoms with E-state index in [1.807, 2.05) is 6.07 Å². The van der Waals surface area contributed by atoms with E-state index in [-0.39, 0.29) is 5.78 Å². The van der Waals surface area contributed by atoms with E-state index in [1.54, 1.807) is 25.1 Å². The summed E-state index contributed by atoms with van der Waals surface area (Å²) in [5.74, 6) is 4.69. The van der Waals surface area contributed by atoms with E-state index in [9.17, 15) is 4.79 Å². The van der Waals surface area contributed by atoms with Crippen molar-refractivity contribution in [3.8, 4) is 17.9 Å². The van der Waals surface area contributed by atoms with Crippen molar-refractivity contribution in [2.75, 3.05) is 0 Å². The molecule has 62 valence electrons. The van der Waals surface area contributed by atoms with Crippen LogP contribution in [0.5, 0.6) is 0 Å². The molecule has 0 aliphatic heterocycles. The molecule has 1 aromatic carbocycles. The zero-order valence-corrected chi connectivity index (χ0v) is 7.16. The molecular formula is C11H7NO. The minimum Gasteiger partial charge on any atom is -0.279 e. The van der Waals surface area contributed by atoms with Crippen LogP contribution in [0.25, 0.3) is 0 Å². The zero-order valence-electron chi connectivity index (χ0n) is 7.16. The first-order chi connectivity index (χ1) is 6.27. The molecule has 2 nitrogen and oxygen atoms in total. The highest BCUT2D eigenvalue weighted by Gasteiger charge is 2.01. The van der Waals surface area contributed by atoms with Gasteiger partial charge >= 0.3 is 0 Å². The Labute approximate surface area is 76.8 Å². The summed E-state index contributed by atoms with van der Waals surface area (Å²) in [5.41, 5.74) is 0.942. The quantitative estimate of drug-likeness (QED) is 0.365. The fraction of sp³-hybridized carbons (Fsp3) is 0.0909. The maximum absolute atomic E-state index is 11.2. The molecule has 1 aromatic rings. The third kappa shape index (κ3) is 2.18. The minimum atomic E-state index is -0.250. The molecule has 0 spiro atoms. The fourth-order valence-electron chi connectivity index (χ4n) is 0.916. The SMILES string of the molecule is CC#CC(=O)c1cccc(C#N)c1. The molecule has 0 saturated carbocycles. The Hall–Kier alpha value is -2.06. The third-order valence-electron chi connectivity index (χ3n) is 1.49. The molecule has 0 fully saturated rings. The van der Waals surface area contributed by atoms with E-state index in [0.29, 0.717) is 11.1 Å². The number of rotatable bonds is 1. The van der Waals surface area contributed by atoms with E-state index >= 15 is 0 Å². The molecule has 2 heteroatoms. The van der Waals surface area contributed by atoms with Gasteiger partial charge in [0.2, 0.25) is 5.78 Å². The van der Waals surface area contributed by atoms with E-state index in [2.05, 4.69) is 11.8 Å². The predicted octanol–water partition coefficient (Wildman–Crippen LogP) is 1.76. The topological polar surface area (TPSA) is 40.9 Å².